The van der Waals surface area contributed by atoms with Gasteiger partial charge in [-0.15, -0.1) is 0 Å². The van der Waals surface area contributed by atoms with Crippen LogP contribution >= 0.6 is 0 Å². The van der Waals surface area contributed by atoms with Crippen molar-refractivity contribution >= 4 is 17.9 Å². The second kappa shape index (κ2) is 62.9. The molecule has 0 radical (unpaired) electrons. The summed E-state index contributed by atoms with van der Waals surface area (Å²) in [4.78, 5) is 38.2. The third kappa shape index (κ3) is 61.1. The Balaban J connectivity index is 4.07. The molecule has 0 aliphatic carbocycles. The van der Waals surface area contributed by atoms with Crippen molar-refractivity contribution in [3.05, 3.63) is 0 Å². The van der Waals surface area contributed by atoms with E-state index < -0.39 is 6.10 Å². The quantitative estimate of drug-likeness (QED) is 0.0343. The van der Waals surface area contributed by atoms with Gasteiger partial charge in [0.05, 0.1) is 0 Å². The molecule has 0 amide bonds. The van der Waals surface area contributed by atoms with Crippen LogP contribution in [-0.2, 0) is 28.6 Å². The van der Waals surface area contributed by atoms with Crippen LogP contribution in [0.1, 0.15) is 393 Å². The van der Waals surface area contributed by atoms with Crippen molar-refractivity contribution in [2.24, 2.45) is 0 Å². The first-order valence-electron chi connectivity index (χ1n) is 33.5. The van der Waals surface area contributed by atoms with E-state index in [2.05, 4.69) is 20.8 Å². The highest BCUT2D eigenvalue weighted by molar-refractivity contribution is 5.71. The maximum absolute atomic E-state index is 12.9. The fourth-order valence-corrected chi connectivity index (χ4v) is 10.6. The smallest absolute Gasteiger partial charge is 0.306 e. The van der Waals surface area contributed by atoms with Crippen LogP contribution in [0.4, 0.5) is 0 Å². The number of carbonyl (C=O) groups excluding carboxylic acids is 3. The summed E-state index contributed by atoms with van der Waals surface area (Å²) in [6.07, 6.45) is 72.8. The first-order chi connectivity index (χ1) is 36.0. The van der Waals surface area contributed by atoms with Crippen molar-refractivity contribution in [1.29, 1.82) is 0 Å². The van der Waals surface area contributed by atoms with E-state index in [1.54, 1.807) is 0 Å². The SMILES string of the molecule is CCCCCCCCCCCCCCCCCCCCCCCCCCCCCCCC(=O)OCC(COC(=O)CCCCCCCCCCCCC)OC(=O)CCCCCCCCCCCCCCCCC. The normalized spacial score (nSPS) is 11.9. The van der Waals surface area contributed by atoms with Crippen molar-refractivity contribution in [3.8, 4) is 0 Å². The summed E-state index contributed by atoms with van der Waals surface area (Å²) in [6, 6.07) is 0. The van der Waals surface area contributed by atoms with E-state index in [1.165, 1.54) is 295 Å². The van der Waals surface area contributed by atoms with E-state index in [0.29, 0.717) is 19.3 Å². The maximum Gasteiger partial charge on any atom is 0.306 e. The summed E-state index contributed by atoms with van der Waals surface area (Å²) in [7, 11) is 0. The fraction of sp³-hybridized carbons (Fsp3) is 0.955. The van der Waals surface area contributed by atoms with Gasteiger partial charge in [-0.2, -0.15) is 0 Å². The summed E-state index contributed by atoms with van der Waals surface area (Å²) >= 11 is 0. The molecule has 73 heavy (non-hydrogen) atoms. The van der Waals surface area contributed by atoms with Crippen molar-refractivity contribution < 1.29 is 28.6 Å². The Morgan fingerprint density at radius 1 is 0.219 bits per heavy atom. The summed E-state index contributed by atoms with van der Waals surface area (Å²) in [5, 5.41) is 0. The summed E-state index contributed by atoms with van der Waals surface area (Å²) in [6.45, 7) is 6.72. The van der Waals surface area contributed by atoms with Crippen LogP contribution in [0.5, 0.6) is 0 Å². The molecule has 0 aromatic carbocycles. The van der Waals surface area contributed by atoms with Gasteiger partial charge in [-0.05, 0) is 19.3 Å². The van der Waals surface area contributed by atoms with E-state index in [1.807, 2.05) is 0 Å². The van der Waals surface area contributed by atoms with Gasteiger partial charge in [0.15, 0.2) is 6.10 Å². The Hall–Kier alpha value is -1.59. The topological polar surface area (TPSA) is 78.9 Å². The minimum atomic E-state index is -0.761. The van der Waals surface area contributed by atoms with Crippen LogP contribution in [0, 0.1) is 0 Å². The molecular formula is C67H130O6. The number of esters is 3. The molecule has 0 rings (SSSR count). The molecule has 6 heteroatoms. The predicted octanol–water partition coefficient (Wildman–Crippen LogP) is 22.7. The number of rotatable bonds is 63. The standard InChI is InChI=1S/C67H130O6/c1-4-7-10-13-16-19-22-24-26-27-28-29-30-31-32-33-34-35-36-37-38-39-41-42-45-48-51-54-57-60-66(69)72-63-64(62-71-65(68)59-56-53-50-47-44-21-18-15-12-9-6-3)73-67(70)61-58-55-52-49-46-43-40-25-23-20-17-14-11-8-5-2/h64H,4-63H2,1-3H3. The molecule has 0 bridgehead atoms. The van der Waals surface area contributed by atoms with Gasteiger partial charge in [0.1, 0.15) is 13.2 Å². The van der Waals surface area contributed by atoms with E-state index in [9.17, 15) is 14.4 Å². The Morgan fingerprint density at radius 2 is 0.370 bits per heavy atom. The zero-order valence-corrected chi connectivity index (χ0v) is 50.0. The lowest BCUT2D eigenvalue weighted by molar-refractivity contribution is -0.167. The number of ether oxygens (including phenoxy) is 3. The minimum Gasteiger partial charge on any atom is -0.462 e. The summed E-state index contributed by atoms with van der Waals surface area (Å²) in [5.74, 6) is -0.828. The molecule has 0 heterocycles. The number of hydrogen-bond acceptors (Lipinski definition) is 6. The monoisotopic (exact) mass is 1030 g/mol. The van der Waals surface area contributed by atoms with Gasteiger partial charge in [0.2, 0.25) is 0 Å². The predicted molar refractivity (Wildman–Crippen MR) is 317 cm³/mol. The average Bonchev–Trinajstić information content (AvgIpc) is 3.39. The van der Waals surface area contributed by atoms with E-state index >= 15 is 0 Å². The van der Waals surface area contributed by atoms with Gasteiger partial charge in [0, 0.05) is 19.3 Å². The summed E-state index contributed by atoms with van der Waals surface area (Å²) < 4.78 is 16.9. The highest BCUT2D eigenvalue weighted by Gasteiger charge is 2.19. The lowest BCUT2D eigenvalue weighted by atomic mass is 10.0. The molecular weight excluding hydrogens is 901 g/mol. The van der Waals surface area contributed by atoms with Crippen LogP contribution in [-0.4, -0.2) is 37.2 Å². The van der Waals surface area contributed by atoms with Gasteiger partial charge < -0.3 is 14.2 Å². The Labute approximate surface area is 457 Å². The zero-order chi connectivity index (χ0) is 52.9. The molecule has 0 aromatic rings. The zero-order valence-electron chi connectivity index (χ0n) is 50.0. The van der Waals surface area contributed by atoms with Crippen LogP contribution < -0.4 is 0 Å². The van der Waals surface area contributed by atoms with Gasteiger partial charge in [-0.3, -0.25) is 14.4 Å². The van der Waals surface area contributed by atoms with E-state index in [4.69, 9.17) is 14.2 Å². The van der Waals surface area contributed by atoms with Crippen LogP contribution in [0.2, 0.25) is 0 Å². The molecule has 0 aliphatic heterocycles. The lowest BCUT2D eigenvalue weighted by Gasteiger charge is -2.18. The highest BCUT2D eigenvalue weighted by atomic mass is 16.6. The van der Waals surface area contributed by atoms with Crippen molar-refractivity contribution in [2.75, 3.05) is 13.2 Å². The molecule has 0 aliphatic rings. The number of unbranched alkanes of at least 4 members (excludes halogenated alkanes) is 52. The second-order valence-corrected chi connectivity index (χ2v) is 23.1. The van der Waals surface area contributed by atoms with Crippen molar-refractivity contribution in [3.63, 3.8) is 0 Å². The largest absolute Gasteiger partial charge is 0.462 e. The van der Waals surface area contributed by atoms with E-state index in [0.717, 1.165) is 57.8 Å². The second-order valence-electron chi connectivity index (χ2n) is 23.1. The molecule has 0 aromatic heterocycles. The van der Waals surface area contributed by atoms with Gasteiger partial charge >= 0.3 is 17.9 Å². The van der Waals surface area contributed by atoms with Gasteiger partial charge in [-0.1, -0.05) is 355 Å². The highest BCUT2D eigenvalue weighted by Crippen LogP contribution is 2.19. The van der Waals surface area contributed by atoms with Crippen LogP contribution in [0.25, 0.3) is 0 Å². The maximum atomic E-state index is 12.9. The molecule has 1 unspecified atom stereocenters. The molecule has 0 spiro atoms. The third-order valence-corrected chi connectivity index (χ3v) is 15.6. The number of hydrogen-bond donors (Lipinski definition) is 0. The Morgan fingerprint density at radius 3 is 0.548 bits per heavy atom. The average molecular weight is 1030 g/mol. The van der Waals surface area contributed by atoms with Crippen molar-refractivity contribution in [2.45, 2.75) is 399 Å². The lowest BCUT2D eigenvalue weighted by Crippen LogP contribution is -2.30. The Bertz CT molecular complexity index is 1090. The van der Waals surface area contributed by atoms with Crippen LogP contribution in [0.3, 0.4) is 0 Å². The Kier molecular flexibility index (Phi) is 61.6. The molecule has 6 nitrogen and oxygen atoms in total. The molecule has 434 valence electrons. The molecule has 0 fully saturated rings. The van der Waals surface area contributed by atoms with E-state index in [-0.39, 0.29) is 31.1 Å². The molecule has 0 saturated heterocycles. The fourth-order valence-electron chi connectivity index (χ4n) is 10.6. The van der Waals surface area contributed by atoms with Gasteiger partial charge in [-0.25, -0.2) is 0 Å². The summed E-state index contributed by atoms with van der Waals surface area (Å²) in [5.41, 5.74) is 0. The minimum absolute atomic E-state index is 0.0608. The molecule has 0 saturated carbocycles. The van der Waals surface area contributed by atoms with Gasteiger partial charge in [0.25, 0.3) is 0 Å². The third-order valence-electron chi connectivity index (χ3n) is 15.6. The van der Waals surface area contributed by atoms with Crippen molar-refractivity contribution in [1.82, 2.24) is 0 Å². The van der Waals surface area contributed by atoms with Crippen LogP contribution in [0.15, 0.2) is 0 Å². The molecule has 0 N–H and O–H groups in total. The first-order valence-corrected chi connectivity index (χ1v) is 33.5. The number of carbonyl (C=O) groups is 3. The molecule has 1 atom stereocenters. The first kappa shape index (κ1) is 71.4.